The summed E-state index contributed by atoms with van der Waals surface area (Å²) in [4.78, 5) is 36.7. The summed E-state index contributed by atoms with van der Waals surface area (Å²) in [7, 11) is 1.33. The molecular weight excluding hydrogens is 445 g/mol. The Kier molecular flexibility index (Phi) is 5.35. The number of amides is 2. The quantitative estimate of drug-likeness (QED) is 0.204. The lowest BCUT2D eigenvalue weighted by Crippen LogP contribution is -2.28. The number of nitro groups is 1. The molecule has 1 aliphatic heterocycles. The van der Waals surface area contributed by atoms with Crippen molar-refractivity contribution in [3.05, 3.63) is 75.6 Å². The van der Waals surface area contributed by atoms with Crippen LogP contribution in [0.5, 0.6) is 11.5 Å². The van der Waals surface area contributed by atoms with Gasteiger partial charge in [-0.3, -0.25) is 19.7 Å². The topological polar surface area (TPSA) is 111 Å². The lowest BCUT2D eigenvalue weighted by molar-refractivity contribution is -0.386. The minimum atomic E-state index is -0.638. The number of allylic oxidation sites excluding steroid dienone is 2. The van der Waals surface area contributed by atoms with Crippen molar-refractivity contribution in [1.82, 2.24) is 5.01 Å². The molecule has 0 N–H and O–H groups in total. The van der Waals surface area contributed by atoms with Gasteiger partial charge in [0.2, 0.25) is 5.75 Å². The van der Waals surface area contributed by atoms with Crippen molar-refractivity contribution in [3.63, 3.8) is 0 Å². The molecule has 1 heterocycles. The highest BCUT2D eigenvalue weighted by atomic mass is 19.1. The van der Waals surface area contributed by atoms with Gasteiger partial charge in [-0.15, -0.1) is 0 Å². The average Bonchev–Trinajstić information content (AvgIpc) is 3.50. The van der Waals surface area contributed by atoms with Gasteiger partial charge in [0.05, 0.1) is 30.1 Å². The lowest BCUT2D eigenvalue weighted by atomic mass is 9.85. The van der Waals surface area contributed by atoms with Gasteiger partial charge in [0.25, 0.3) is 11.8 Å². The van der Waals surface area contributed by atoms with Crippen LogP contribution < -0.4 is 9.47 Å². The van der Waals surface area contributed by atoms with Gasteiger partial charge < -0.3 is 9.47 Å². The minimum Gasteiger partial charge on any atom is -0.493 e. The molecule has 4 atom stereocenters. The van der Waals surface area contributed by atoms with Crippen molar-refractivity contribution in [3.8, 4) is 11.5 Å². The van der Waals surface area contributed by atoms with Crippen LogP contribution in [0.3, 0.4) is 0 Å². The fourth-order valence-corrected chi connectivity index (χ4v) is 5.02. The summed E-state index contributed by atoms with van der Waals surface area (Å²) in [5, 5.41) is 16.7. The molecule has 34 heavy (non-hydrogen) atoms. The lowest BCUT2D eigenvalue weighted by Gasteiger charge is -2.13. The summed E-state index contributed by atoms with van der Waals surface area (Å²) in [6, 6.07) is 8.35. The Morgan fingerprint density at radius 1 is 1.18 bits per heavy atom. The number of hydrogen-bond donors (Lipinski definition) is 0. The Bertz CT molecular complexity index is 1230. The van der Waals surface area contributed by atoms with Gasteiger partial charge >= 0.3 is 5.69 Å². The zero-order valence-corrected chi connectivity index (χ0v) is 18.1. The third-order valence-electron chi connectivity index (χ3n) is 6.52. The molecule has 2 amide bonds. The molecule has 0 radical (unpaired) electrons. The number of hydrogen-bond acceptors (Lipinski definition) is 7. The highest BCUT2D eigenvalue weighted by molar-refractivity contribution is 6.06. The number of benzene rings is 2. The summed E-state index contributed by atoms with van der Waals surface area (Å²) < 4.78 is 24.3. The number of nitrogens with zero attached hydrogens (tertiary/aromatic N) is 3. The summed E-state index contributed by atoms with van der Waals surface area (Å²) >= 11 is 0. The van der Waals surface area contributed by atoms with E-state index in [1.807, 2.05) is 12.2 Å². The molecule has 2 aromatic rings. The molecule has 2 aromatic carbocycles. The molecule has 0 unspecified atom stereocenters. The van der Waals surface area contributed by atoms with E-state index < -0.39 is 16.4 Å². The SMILES string of the molecule is COc1cc(C=NN2C(=O)[C@@H]3[C@H](C2=O)[C@H]2C=C[C@H]3C2)cc([N+](=O)[O-])c1OCc1cccc(F)c1. The average molecular weight is 465 g/mol. The Hall–Kier alpha value is -4.08. The highest BCUT2D eigenvalue weighted by Gasteiger charge is 2.59. The first-order valence-electron chi connectivity index (χ1n) is 10.7. The van der Waals surface area contributed by atoms with Crippen molar-refractivity contribution in [2.45, 2.75) is 13.0 Å². The second kappa shape index (κ2) is 8.36. The molecule has 0 aromatic heterocycles. The molecule has 1 saturated carbocycles. The minimum absolute atomic E-state index is 0.0577. The first-order valence-corrected chi connectivity index (χ1v) is 10.7. The molecule has 3 aliphatic rings. The predicted molar refractivity (Wildman–Crippen MR) is 118 cm³/mol. The van der Waals surface area contributed by atoms with E-state index in [1.165, 1.54) is 43.7 Å². The predicted octanol–water partition coefficient (Wildman–Crippen LogP) is 3.46. The van der Waals surface area contributed by atoms with E-state index >= 15 is 0 Å². The molecule has 2 aliphatic carbocycles. The van der Waals surface area contributed by atoms with Crippen LogP contribution in [0.15, 0.2) is 53.7 Å². The van der Waals surface area contributed by atoms with Crippen molar-refractivity contribution < 1.29 is 28.4 Å². The number of carbonyl (C=O) groups excluding carboxylic acids is 2. The van der Waals surface area contributed by atoms with Crippen molar-refractivity contribution in [1.29, 1.82) is 0 Å². The van der Waals surface area contributed by atoms with Crippen LogP contribution >= 0.6 is 0 Å². The molecule has 174 valence electrons. The molecule has 5 rings (SSSR count). The summed E-state index contributed by atoms with van der Waals surface area (Å²) in [6.45, 7) is -0.113. The second-order valence-corrected chi connectivity index (χ2v) is 8.48. The van der Waals surface area contributed by atoms with Crippen LogP contribution in [0.2, 0.25) is 0 Å². The van der Waals surface area contributed by atoms with Gasteiger partial charge in [-0.05, 0) is 42.0 Å². The zero-order chi connectivity index (χ0) is 24.0. The summed E-state index contributed by atoms with van der Waals surface area (Å²) in [5.41, 5.74) is 0.345. The molecule has 0 spiro atoms. The monoisotopic (exact) mass is 465 g/mol. The highest BCUT2D eigenvalue weighted by Crippen LogP contribution is 2.52. The number of nitro benzene ring substituents is 1. The molecule has 2 bridgehead atoms. The molecule has 10 heteroatoms. The van der Waals surface area contributed by atoms with Gasteiger partial charge in [0.1, 0.15) is 12.4 Å². The third kappa shape index (κ3) is 3.60. The Morgan fingerprint density at radius 3 is 2.50 bits per heavy atom. The van der Waals surface area contributed by atoms with Crippen LogP contribution in [0, 0.1) is 39.6 Å². The van der Waals surface area contributed by atoms with Crippen LogP contribution in [0.25, 0.3) is 0 Å². The van der Waals surface area contributed by atoms with Crippen LogP contribution in [-0.2, 0) is 16.2 Å². The Labute approximate surface area is 193 Å². The van der Waals surface area contributed by atoms with E-state index in [-0.39, 0.29) is 59.2 Å². The van der Waals surface area contributed by atoms with E-state index in [0.29, 0.717) is 5.56 Å². The fourth-order valence-electron chi connectivity index (χ4n) is 5.02. The zero-order valence-electron chi connectivity index (χ0n) is 18.1. The maximum atomic E-state index is 13.4. The maximum Gasteiger partial charge on any atom is 0.315 e. The van der Waals surface area contributed by atoms with Crippen LogP contribution in [0.4, 0.5) is 10.1 Å². The fraction of sp³-hybridized carbons (Fsp3) is 0.292. The third-order valence-corrected chi connectivity index (χ3v) is 6.52. The first-order chi connectivity index (χ1) is 16.4. The van der Waals surface area contributed by atoms with E-state index in [0.717, 1.165) is 11.4 Å². The number of halogens is 1. The van der Waals surface area contributed by atoms with Gasteiger partial charge in [-0.2, -0.15) is 10.1 Å². The van der Waals surface area contributed by atoms with Gasteiger partial charge in [-0.25, -0.2) is 4.39 Å². The van der Waals surface area contributed by atoms with Crippen LogP contribution in [0.1, 0.15) is 17.5 Å². The Morgan fingerprint density at radius 2 is 1.88 bits per heavy atom. The summed E-state index contributed by atoms with van der Waals surface area (Å²) in [6.07, 6.45) is 6.00. The number of methoxy groups -OCH3 is 1. The first kappa shape index (κ1) is 21.7. The number of ether oxygens (including phenoxy) is 2. The smallest absolute Gasteiger partial charge is 0.315 e. The standard InChI is InChI=1S/C24H20FN3O6/c1-33-19-9-14(8-18(28(31)32)22(19)34-12-13-3-2-4-17(25)7-13)11-26-27-23(29)20-15-5-6-16(10-15)21(20)24(27)30/h2-9,11,15-16,20-21H,10,12H2,1H3/t15-,16-,20-,21+/m0/s1. The van der Waals surface area contributed by atoms with E-state index in [4.69, 9.17) is 9.47 Å². The van der Waals surface area contributed by atoms with Crippen LogP contribution in [-0.4, -0.2) is 35.1 Å². The summed E-state index contributed by atoms with van der Waals surface area (Å²) in [5.74, 6) is -1.87. The number of imide groups is 1. The normalized spacial score (nSPS) is 24.8. The van der Waals surface area contributed by atoms with E-state index in [1.54, 1.807) is 6.07 Å². The Balaban J connectivity index is 1.40. The molecule has 1 saturated heterocycles. The van der Waals surface area contributed by atoms with Gasteiger partial charge in [0.15, 0.2) is 5.75 Å². The molecule has 9 nitrogen and oxygen atoms in total. The van der Waals surface area contributed by atoms with E-state index in [9.17, 15) is 24.1 Å². The number of rotatable bonds is 7. The molecular formula is C24H20FN3O6. The largest absolute Gasteiger partial charge is 0.493 e. The number of hydrazone groups is 1. The van der Waals surface area contributed by atoms with Crippen molar-refractivity contribution in [2.75, 3.05) is 7.11 Å². The number of carbonyl (C=O) groups is 2. The van der Waals surface area contributed by atoms with Gasteiger partial charge in [-0.1, -0.05) is 24.3 Å². The number of fused-ring (bicyclic) bond motifs is 5. The second-order valence-electron chi connectivity index (χ2n) is 8.48. The molecule has 2 fully saturated rings. The van der Waals surface area contributed by atoms with Crippen molar-refractivity contribution in [2.24, 2.45) is 28.8 Å². The van der Waals surface area contributed by atoms with E-state index in [2.05, 4.69) is 5.10 Å². The van der Waals surface area contributed by atoms with Crippen molar-refractivity contribution >= 4 is 23.7 Å². The van der Waals surface area contributed by atoms with Gasteiger partial charge in [0, 0.05) is 11.6 Å². The maximum absolute atomic E-state index is 13.4.